The van der Waals surface area contributed by atoms with Crippen LogP contribution in [0.15, 0.2) is 12.1 Å². The molecule has 0 unspecified atom stereocenters. The minimum atomic E-state index is -4.36. The number of rotatable bonds is 0. The molecule has 0 saturated heterocycles. The van der Waals surface area contributed by atoms with Crippen LogP contribution in [0.3, 0.4) is 0 Å². The molecule has 0 atom stereocenters. The van der Waals surface area contributed by atoms with Gasteiger partial charge in [-0.25, -0.2) is 0 Å². The molecular weight excluding hydrogens is 205 g/mol. The molecule has 0 amide bonds. The molecule has 0 radical (unpaired) electrons. The highest BCUT2D eigenvalue weighted by molar-refractivity contribution is 5.54. The fourth-order valence-electron chi connectivity index (χ4n) is 1.80. The summed E-state index contributed by atoms with van der Waals surface area (Å²) in [6, 6.07) is 2.59. The van der Waals surface area contributed by atoms with Crippen molar-refractivity contribution in [3.63, 3.8) is 0 Å². The number of anilines is 1. The van der Waals surface area contributed by atoms with Gasteiger partial charge in [0.05, 0.1) is 5.56 Å². The number of nitrogen functional groups attached to an aromatic ring is 1. The van der Waals surface area contributed by atoms with Crippen LogP contribution < -0.4 is 11.1 Å². The van der Waals surface area contributed by atoms with Crippen molar-refractivity contribution in [2.45, 2.75) is 19.1 Å². The van der Waals surface area contributed by atoms with Gasteiger partial charge in [0.2, 0.25) is 0 Å². The van der Waals surface area contributed by atoms with Gasteiger partial charge in [-0.15, -0.1) is 0 Å². The summed E-state index contributed by atoms with van der Waals surface area (Å²) in [5.74, 6) is 0. The first-order valence-electron chi connectivity index (χ1n) is 4.67. The van der Waals surface area contributed by atoms with E-state index in [-0.39, 0.29) is 5.69 Å². The van der Waals surface area contributed by atoms with Crippen LogP contribution in [0.25, 0.3) is 0 Å². The summed E-state index contributed by atoms with van der Waals surface area (Å²) in [6.07, 6.45) is -3.73. The average Bonchev–Trinajstić information content (AvgIpc) is 2.15. The molecule has 0 bridgehead atoms. The Bertz CT molecular complexity index is 385. The number of nitrogens with two attached hydrogens (primary N) is 1. The Balaban J connectivity index is 2.50. The predicted octanol–water partition coefficient (Wildman–Crippen LogP) is 1.93. The van der Waals surface area contributed by atoms with E-state index in [9.17, 15) is 13.2 Å². The van der Waals surface area contributed by atoms with E-state index in [0.717, 1.165) is 11.1 Å². The van der Waals surface area contributed by atoms with Crippen LogP contribution >= 0.6 is 0 Å². The highest BCUT2D eigenvalue weighted by Crippen LogP contribution is 2.35. The highest BCUT2D eigenvalue weighted by atomic mass is 19.4. The molecule has 0 aromatic heterocycles. The zero-order valence-electron chi connectivity index (χ0n) is 7.99. The molecule has 2 nitrogen and oxygen atoms in total. The molecular formula is C10H11F3N2. The van der Waals surface area contributed by atoms with Crippen molar-refractivity contribution in [2.75, 3.05) is 12.3 Å². The Morgan fingerprint density at radius 3 is 2.60 bits per heavy atom. The lowest BCUT2D eigenvalue weighted by molar-refractivity contribution is -0.137. The number of hydrogen-bond acceptors (Lipinski definition) is 2. The lowest BCUT2D eigenvalue weighted by Gasteiger charge is -2.20. The van der Waals surface area contributed by atoms with Crippen LogP contribution in [-0.4, -0.2) is 6.54 Å². The van der Waals surface area contributed by atoms with E-state index in [2.05, 4.69) is 5.32 Å². The summed E-state index contributed by atoms with van der Waals surface area (Å²) >= 11 is 0. The number of benzene rings is 1. The topological polar surface area (TPSA) is 38.0 Å². The van der Waals surface area contributed by atoms with Gasteiger partial charge in [0.25, 0.3) is 0 Å². The zero-order valence-corrected chi connectivity index (χ0v) is 7.99. The van der Waals surface area contributed by atoms with E-state index >= 15 is 0 Å². The second kappa shape index (κ2) is 3.41. The molecule has 1 aromatic carbocycles. The molecule has 5 heteroatoms. The monoisotopic (exact) mass is 216 g/mol. The molecule has 0 aliphatic carbocycles. The lowest BCUT2D eigenvalue weighted by Crippen LogP contribution is -2.24. The van der Waals surface area contributed by atoms with Gasteiger partial charge in [0.15, 0.2) is 0 Å². The molecule has 82 valence electrons. The van der Waals surface area contributed by atoms with Crippen LogP contribution in [-0.2, 0) is 19.1 Å². The lowest BCUT2D eigenvalue weighted by atomic mass is 9.97. The van der Waals surface area contributed by atoms with Crippen molar-refractivity contribution in [3.05, 3.63) is 28.8 Å². The van der Waals surface area contributed by atoms with E-state index in [1.54, 1.807) is 0 Å². The van der Waals surface area contributed by atoms with E-state index < -0.39 is 11.7 Å². The van der Waals surface area contributed by atoms with Crippen LogP contribution in [0.4, 0.5) is 18.9 Å². The number of halogens is 3. The van der Waals surface area contributed by atoms with Crippen LogP contribution in [0.2, 0.25) is 0 Å². The maximum atomic E-state index is 12.5. The zero-order chi connectivity index (χ0) is 11.1. The quantitative estimate of drug-likeness (QED) is 0.650. The fourth-order valence-corrected chi connectivity index (χ4v) is 1.80. The average molecular weight is 216 g/mol. The van der Waals surface area contributed by atoms with Crippen LogP contribution in [0.1, 0.15) is 16.7 Å². The van der Waals surface area contributed by atoms with Gasteiger partial charge >= 0.3 is 6.18 Å². The summed E-state index contributed by atoms with van der Waals surface area (Å²) in [5, 5.41) is 3.09. The van der Waals surface area contributed by atoms with E-state index in [1.165, 1.54) is 12.1 Å². The third kappa shape index (κ3) is 1.92. The summed E-state index contributed by atoms with van der Waals surface area (Å²) in [4.78, 5) is 0. The highest BCUT2D eigenvalue weighted by Gasteiger charge is 2.33. The summed E-state index contributed by atoms with van der Waals surface area (Å²) in [6.45, 7) is 1.31. The molecule has 15 heavy (non-hydrogen) atoms. The number of nitrogens with one attached hydrogen (secondary N) is 1. The van der Waals surface area contributed by atoms with E-state index in [0.29, 0.717) is 19.5 Å². The molecule has 3 N–H and O–H groups in total. The van der Waals surface area contributed by atoms with Gasteiger partial charge in [-0.3, -0.25) is 0 Å². The van der Waals surface area contributed by atoms with Gasteiger partial charge < -0.3 is 11.1 Å². The normalized spacial score (nSPS) is 16.2. The number of hydrogen-bond donors (Lipinski definition) is 2. The molecule has 0 saturated carbocycles. The first-order valence-corrected chi connectivity index (χ1v) is 4.67. The minimum Gasteiger partial charge on any atom is -0.398 e. The Kier molecular flexibility index (Phi) is 2.34. The molecule has 0 fully saturated rings. The summed E-state index contributed by atoms with van der Waals surface area (Å²) < 4.78 is 37.6. The van der Waals surface area contributed by atoms with Gasteiger partial charge in [-0.2, -0.15) is 13.2 Å². The van der Waals surface area contributed by atoms with Gasteiger partial charge in [0.1, 0.15) is 0 Å². The van der Waals surface area contributed by atoms with Crippen molar-refractivity contribution in [3.8, 4) is 0 Å². The van der Waals surface area contributed by atoms with Gasteiger partial charge in [-0.1, -0.05) is 0 Å². The standard InChI is InChI=1S/C10H11F3N2/c11-10(12,13)8-3-6-1-2-15-5-7(6)4-9(8)14/h3-4,15H,1-2,5,14H2. The summed E-state index contributed by atoms with van der Waals surface area (Å²) in [7, 11) is 0. The van der Waals surface area contributed by atoms with Crippen molar-refractivity contribution < 1.29 is 13.2 Å². The van der Waals surface area contributed by atoms with Gasteiger partial charge in [0, 0.05) is 12.2 Å². The van der Waals surface area contributed by atoms with E-state index in [1.807, 2.05) is 0 Å². The summed E-state index contributed by atoms with van der Waals surface area (Å²) in [5.41, 5.74) is 6.09. The van der Waals surface area contributed by atoms with Gasteiger partial charge in [-0.05, 0) is 36.2 Å². The molecule has 0 spiro atoms. The second-order valence-corrected chi connectivity index (χ2v) is 3.63. The van der Waals surface area contributed by atoms with Crippen molar-refractivity contribution in [1.82, 2.24) is 5.32 Å². The molecule has 1 heterocycles. The number of fused-ring (bicyclic) bond motifs is 1. The third-order valence-corrected chi connectivity index (χ3v) is 2.56. The van der Waals surface area contributed by atoms with Crippen LogP contribution in [0, 0.1) is 0 Å². The fraction of sp³-hybridized carbons (Fsp3) is 0.400. The second-order valence-electron chi connectivity index (χ2n) is 3.63. The maximum absolute atomic E-state index is 12.5. The Morgan fingerprint density at radius 1 is 1.20 bits per heavy atom. The van der Waals surface area contributed by atoms with Crippen LogP contribution in [0.5, 0.6) is 0 Å². The first-order chi connectivity index (χ1) is 6.98. The minimum absolute atomic E-state index is 0.190. The molecule has 1 aromatic rings. The maximum Gasteiger partial charge on any atom is 0.418 e. The SMILES string of the molecule is Nc1cc2c(cc1C(F)(F)F)CCNC2. The smallest absolute Gasteiger partial charge is 0.398 e. The Morgan fingerprint density at radius 2 is 1.93 bits per heavy atom. The largest absolute Gasteiger partial charge is 0.418 e. The number of alkyl halides is 3. The Labute approximate surface area is 85.3 Å². The molecule has 2 rings (SSSR count). The first kappa shape index (κ1) is 10.3. The molecule has 1 aliphatic heterocycles. The molecule has 1 aliphatic rings. The Hall–Kier alpha value is -1.23. The van der Waals surface area contributed by atoms with E-state index in [4.69, 9.17) is 5.73 Å². The predicted molar refractivity (Wildman–Crippen MR) is 51.3 cm³/mol. The third-order valence-electron chi connectivity index (χ3n) is 2.56. The van der Waals surface area contributed by atoms with Crippen molar-refractivity contribution >= 4 is 5.69 Å². The van der Waals surface area contributed by atoms with Crippen molar-refractivity contribution in [2.24, 2.45) is 0 Å². The van der Waals surface area contributed by atoms with Crippen molar-refractivity contribution in [1.29, 1.82) is 0 Å².